The number of nitrogens with zero attached hydrogens (tertiary/aromatic N) is 1. The Labute approximate surface area is 185 Å². The molecule has 3 aromatic carbocycles. The van der Waals surface area contributed by atoms with Gasteiger partial charge in [-0.1, -0.05) is 36.4 Å². The molecule has 0 bridgehead atoms. The molecule has 4 aromatic rings. The Morgan fingerprint density at radius 1 is 0.969 bits per heavy atom. The number of benzene rings is 3. The highest BCUT2D eigenvalue weighted by molar-refractivity contribution is 5.85. The van der Waals surface area contributed by atoms with Gasteiger partial charge in [0.05, 0.1) is 30.7 Å². The van der Waals surface area contributed by atoms with Gasteiger partial charge in [-0.15, -0.1) is 0 Å². The quantitative estimate of drug-likeness (QED) is 0.453. The van der Waals surface area contributed by atoms with Gasteiger partial charge in [0, 0.05) is 13.1 Å². The fourth-order valence-corrected chi connectivity index (χ4v) is 4.11. The largest absolute Gasteiger partial charge is 0.493 e. The maximum atomic E-state index is 13.2. The summed E-state index contributed by atoms with van der Waals surface area (Å²) in [6.07, 6.45) is 1.55. The monoisotopic (exact) mass is 429 g/mol. The number of methoxy groups -OCH3 is 2. The van der Waals surface area contributed by atoms with Gasteiger partial charge in [-0.2, -0.15) is 0 Å². The lowest BCUT2D eigenvalue weighted by molar-refractivity contribution is 0.0889. The first-order valence-corrected chi connectivity index (χ1v) is 10.4. The molecule has 0 saturated carbocycles. The predicted molar refractivity (Wildman–Crippen MR) is 122 cm³/mol. The van der Waals surface area contributed by atoms with Crippen molar-refractivity contribution >= 4 is 11.0 Å². The molecule has 0 fully saturated rings. The fourth-order valence-electron chi connectivity index (χ4n) is 4.11. The summed E-state index contributed by atoms with van der Waals surface area (Å²) in [6.45, 7) is 1.70. The molecular weight excluding hydrogens is 406 g/mol. The molecule has 1 aliphatic rings. The van der Waals surface area contributed by atoms with Crippen molar-refractivity contribution in [1.82, 2.24) is 4.90 Å². The molecule has 162 valence electrons. The molecule has 0 saturated heterocycles. The van der Waals surface area contributed by atoms with Crippen molar-refractivity contribution in [2.24, 2.45) is 0 Å². The molecule has 32 heavy (non-hydrogen) atoms. The Kier molecular flexibility index (Phi) is 5.29. The van der Waals surface area contributed by atoms with Gasteiger partial charge >= 0.3 is 0 Å². The van der Waals surface area contributed by atoms with E-state index in [1.165, 1.54) is 0 Å². The van der Waals surface area contributed by atoms with Crippen LogP contribution in [0.2, 0.25) is 0 Å². The second-order valence-electron chi connectivity index (χ2n) is 7.71. The second-order valence-corrected chi connectivity index (χ2v) is 7.71. The molecule has 6 nitrogen and oxygen atoms in total. The maximum Gasteiger partial charge on any atom is 0.200 e. The molecule has 1 aliphatic heterocycles. The third kappa shape index (κ3) is 3.59. The van der Waals surface area contributed by atoms with E-state index >= 15 is 0 Å². The van der Waals surface area contributed by atoms with Crippen LogP contribution in [0.25, 0.3) is 22.1 Å². The molecule has 0 amide bonds. The first kappa shape index (κ1) is 20.2. The zero-order valence-electron chi connectivity index (χ0n) is 18.0. The lowest BCUT2D eigenvalue weighted by Gasteiger charge is -2.29. The highest BCUT2D eigenvalue weighted by atomic mass is 16.5. The molecule has 0 atom stereocenters. The van der Waals surface area contributed by atoms with E-state index in [2.05, 4.69) is 4.90 Å². The van der Waals surface area contributed by atoms with E-state index in [1.807, 2.05) is 54.6 Å². The molecule has 0 aliphatic carbocycles. The molecule has 0 spiro atoms. The van der Waals surface area contributed by atoms with Crippen molar-refractivity contribution in [2.45, 2.75) is 13.1 Å². The number of hydrogen-bond donors (Lipinski definition) is 0. The van der Waals surface area contributed by atoms with Crippen molar-refractivity contribution in [3.8, 4) is 28.4 Å². The van der Waals surface area contributed by atoms with Crippen molar-refractivity contribution in [3.05, 3.63) is 88.3 Å². The van der Waals surface area contributed by atoms with E-state index in [1.54, 1.807) is 26.5 Å². The zero-order valence-corrected chi connectivity index (χ0v) is 18.0. The van der Waals surface area contributed by atoms with Crippen molar-refractivity contribution < 1.29 is 18.6 Å². The molecule has 5 rings (SSSR count). The summed E-state index contributed by atoms with van der Waals surface area (Å²) in [5.74, 6) is 2.13. The van der Waals surface area contributed by atoms with Gasteiger partial charge in [0.2, 0.25) is 5.43 Å². The Bertz CT molecular complexity index is 1330. The minimum absolute atomic E-state index is 0.0442. The molecular formula is C26H23NO5. The van der Waals surface area contributed by atoms with Crippen LogP contribution in [0.5, 0.6) is 17.2 Å². The van der Waals surface area contributed by atoms with E-state index < -0.39 is 0 Å². The van der Waals surface area contributed by atoms with Gasteiger partial charge in [-0.3, -0.25) is 9.69 Å². The summed E-state index contributed by atoms with van der Waals surface area (Å²) in [6, 6.07) is 19.1. The topological polar surface area (TPSA) is 61.1 Å². The van der Waals surface area contributed by atoms with Crippen LogP contribution < -0.4 is 19.6 Å². The van der Waals surface area contributed by atoms with Crippen LogP contribution in [-0.2, 0) is 13.1 Å². The van der Waals surface area contributed by atoms with Gasteiger partial charge in [-0.05, 0) is 35.4 Å². The van der Waals surface area contributed by atoms with Gasteiger partial charge in [0.25, 0.3) is 0 Å². The third-order valence-electron chi connectivity index (χ3n) is 5.72. The van der Waals surface area contributed by atoms with E-state index in [9.17, 15) is 4.79 Å². The number of hydrogen-bond acceptors (Lipinski definition) is 6. The van der Waals surface area contributed by atoms with Crippen molar-refractivity contribution in [2.75, 3.05) is 21.0 Å². The van der Waals surface area contributed by atoms with E-state index in [-0.39, 0.29) is 5.43 Å². The normalized spacial score (nSPS) is 13.4. The van der Waals surface area contributed by atoms with Crippen molar-refractivity contribution in [3.63, 3.8) is 0 Å². The maximum absolute atomic E-state index is 13.2. The predicted octanol–water partition coefficient (Wildman–Crippen LogP) is 4.83. The molecule has 0 N–H and O–H groups in total. The van der Waals surface area contributed by atoms with Crippen LogP contribution in [0.3, 0.4) is 0 Å². The number of rotatable bonds is 5. The van der Waals surface area contributed by atoms with Crippen LogP contribution in [0, 0.1) is 0 Å². The summed E-state index contributed by atoms with van der Waals surface area (Å²) >= 11 is 0. The van der Waals surface area contributed by atoms with Crippen LogP contribution in [0.4, 0.5) is 0 Å². The number of ether oxygens (including phenoxy) is 3. The van der Waals surface area contributed by atoms with Gasteiger partial charge in [0.1, 0.15) is 24.3 Å². The Morgan fingerprint density at radius 3 is 2.56 bits per heavy atom. The standard InChI is InChI=1S/C26H23NO5/c1-29-23-10-8-17(12-24(23)30-2)13-27-14-20-22(32-16-27)11-9-19-25(28)21(15-31-26(19)20)18-6-4-3-5-7-18/h3-12,15H,13-14,16H2,1-2H3. The summed E-state index contributed by atoms with van der Waals surface area (Å²) in [5.41, 5.74) is 3.87. The van der Waals surface area contributed by atoms with Gasteiger partial charge in [0.15, 0.2) is 11.5 Å². The fraction of sp³-hybridized carbons (Fsp3) is 0.192. The third-order valence-corrected chi connectivity index (χ3v) is 5.72. The molecule has 6 heteroatoms. The van der Waals surface area contributed by atoms with Gasteiger partial charge < -0.3 is 18.6 Å². The Morgan fingerprint density at radius 2 is 1.78 bits per heavy atom. The minimum atomic E-state index is -0.0442. The lowest BCUT2D eigenvalue weighted by atomic mass is 10.0. The first-order valence-electron chi connectivity index (χ1n) is 10.4. The summed E-state index contributed by atoms with van der Waals surface area (Å²) in [4.78, 5) is 15.3. The van der Waals surface area contributed by atoms with Crippen LogP contribution in [-0.4, -0.2) is 25.9 Å². The molecule has 1 aromatic heterocycles. The summed E-state index contributed by atoms with van der Waals surface area (Å²) < 4.78 is 22.7. The average molecular weight is 429 g/mol. The minimum Gasteiger partial charge on any atom is -0.493 e. The van der Waals surface area contributed by atoms with Crippen LogP contribution in [0.1, 0.15) is 11.1 Å². The molecule has 0 unspecified atom stereocenters. The number of fused-ring (bicyclic) bond motifs is 3. The van der Waals surface area contributed by atoms with Crippen molar-refractivity contribution in [1.29, 1.82) is 0 Å². The lowest BCUT2D eigenvalue weighted by Crippen LogP contribution is -2.31. The molecule has 0 radical (unpaired) electrons. The van der Waals surface area contributed by atoms with Crippen LogP contribution >= 0.6 is 0 Å². The zero-order chi connectivity index (χ0) is 22.1. The first-order chi connectivity index (χ1) is 15.7. The molecule has 2 heterocycles. The summed E-state index contributed by atoms with van der Waals surface area (Å²) in [7, 11) is 3.24. The van der Waals surface area contributed by atoms with Gasteiger partial charge in [-0.25, -0.2) is 0 Å². The van der Waals surface area contributed by atoms with E-state index in [0.717, 1.165) is 22.4 Å². The van der Waals surface area contributed by atoms with Crippen LogP contribution in [0.15, 0.2) is 76.1 Å². The van der Waals surface area contributed by atoms with E-state index in [4.69, 9.17) is 18.6 Å². The highest BCUT2D eigenvalue weighted by Gasteiger charge is 2.23. The average Bonchev–Trinajstić information content (AvgIpc) is 2.84. The Balaban J connectivity index is 1.47. The SMILES string of the molecule is COc1ccc(CN2COc3ccc4c(=O)c(-c5ccccc5)coc4c3C2)cc1OC. The Hall–Kier alpha value is -3.77. The second kappa shape index (κ2) is 8.40. The van der Waals surface area contributed by atoms with E-state index in [0.29, 0.717) is 47.9 Å². The summed E-state index contributed by atoms with van der Waals surface area (Å²) in [5, 5.41) is 0.557. The highest BCUT2D eigenvalue weighted by Crippen LogP contribution is 2.34. The smallest absolute Gasteiger partial charge is 0.200 e.